The molecule has 1 fully saturated rings. The third kappa shape index (κ3) is 9.05. The van der Waals surface area contributed by atoms with Crippen molar-refractivity contribution in [2.75, 3.05) is 25.1 Å². The van der Waals surface area contributed by atoms with Gasteiger partial charge < -0.3 is 19.7 Å². The fourth-order valence-electron chi connectivity index (χ4n) is 6.48. The summed E-state index contributed by atoms with van der Waals surface area (Å²) in [4.78, 5) is 30.5. The minimum absolute atomic E-state index is 0.0285. The van der Waals surface area contributed by atoms with Gasteiger partial charge in [0, 0.05) is 29.5 Å². The molecule has 4 aromatic carbocycles. The van der Waals surface area contributed by atoms with Gasteiger partial charge >= 0.3 is 0 Å². The third-order valence-corrected chi connectivity index (χ3v) is 11.2. The molecule has 0 aromatic heterocycles. The van der Waals surface area contributed by atoms with E-state index in [0.717, 1.165) is 56.7 Å². The number of amides is 2. The van der Waals surface area contributed by atoms with Crippen molar-refractivity contribution < 1.29 is 27.5 Å². The summed E-state index contributed by atoms with van der Waals surface area (Å²) in [5, 5.41) is 3.21. The number of anilines is 1. The molecule has 9 nitrogen and oxygen atoms in total. The highest BCUT2D eigenvalue weighted by Gasteiger charge is 2.36. The summed E-state index contributed by atoms with van der Waals surface area (Å²) < 4.78 is 41.9. The van der Waals surface area contributed by atoms with Crippen molar-refractivity contribution in [3.8, 4) is 11.5 Å². The quantitative estimate of drug-likeness (QED) is 0.149. The summed E-state index contributed by atoms with van der Waals surface area (Å²) >= 11 is 3.54. The number of carbonyl (C=O) groups excluding carboxylic acids is 2. The number of rotatable bonds is 14. The van der Waals surface area contributed by atoms with Crippen molar-refractivity contribution in [2.45, 2.75) is 69.5 Å². The zero-order valence-electron chi connectivity index (χ0n) is 28.9. The highest BCUT2D eigenvalue weighted by atomic mass is 79.9. The van der Waals surface area contributed by atoms with Gasteiger partial charge in [0.2, 0.25) is 11.8 Å². The fraction of sp³-hybridized carbons (Fsp3) is 0.333. The summed E-state index contributed by atoms with van der Waals surface area (Å²) in [6, 6.07) is 26.0. The summed E-state index contributed by atoms with van der Waals surface area (Å²) in [5.41, 5.74) is 3.69. The zero-order chi connectivity index (χ0) is 35.8. The van der Waals surface area contributed by atoms with E-state index in [1.807, 2.05) is 74.5 Å². The van der Waals surface area contributed by atoms with Crippen LogP contribution in [0.5, 0.6) is 11.5 Å². The zero-order valence-corrected chi connectivity index (χ0v) is 31.3. The molecule has 0 radical (unpaired) electrons. The maximum Gasteiger partial charge on any atom is 0.264 e. The van der Waals surface area contributed by atoms with Crippen LogP contribution in [-0.2, 0) is 32.6 Å². The maximum atomic E-state index is 14.8. The van der Waals surface area contributed by atoms with Crippen LogP contribution in [0.2, 0.25) is 0 Å². The van der Waals surface area contributed by atoms with Crippen molar-refractivity contribution in [3.63, 3.8) is 0 Å². The van der Waals surface area contributed by atoms with Gasteiger partial charge in [0.05, 0.1) is 24.8 Å². The standard InChI is InChI=1S/C39H44BrN3O6S/c1-27-19-28(2)21-33(20-27)43(50(46,47)34-17-18-36(48-3)37(24-34)49-4)26-38(44)42(25-30-13-10-14-31(40)22-30)35(23-29-11-6-5-7-12-29)39(45)41-32-15-8-9-16-32/h5-7,10-14,17-22,24,32,35H,8-9,15-16,23,25-26H2,1-4H3,(H,41,45). The number of sulfonamides is 1. The van der Waals surface area contributed by atoms with Crippen molar-refractivity contribution in [1.29, 1.82) is 0 Å². The lowest BCUT2D eigenvalue weighted by atomic mass is 10.0. The van der Waals surface area contributed by atoms with Crippen molar-refractivity contribution in [3.05, 3.63) is 118 Å². The van der Waals surface area contributed by atoms with Crippen LogP contribution in [-0.4, -0.2) is 58.0 Å². The van der Waals surface area contributed by atoms with Crippen LogP contribution in [0.4, 0.5) is 5.69 Å². The molecule has 0 heterocycles. The van der Waals surface area contributed by atoms with Crippen LogP contribution in [0.15, 0.2) is 100 Å². The number of nitrogens with one attached hydrogen (secondary N) is 1. The highest BCUT2D eigenvalue weighted by molar-refractivity contribution is 9.10. The normalized spacial score (nSPS) is 13.8. The lowest BCUT2D eigenvalue weighted by molar-refractivity contribution is -0.140. The number of halogens is 1. The van der Waals surface area contributed by atoms with Gasteiger partial charge in [0.1, 0.15) is 12.6 Å². The molecule has 1 saturated carbocycles. The van der Waals surface area contributed by atoms with Crippen LogP contribution < -0.4 is 19.1 Å². The van der Waals surface area contributed by atoms with Gasteiger partial charge in [-0.25, -0.2) is 8.42 Å². The minimum atomic E-state index is -4.33. The summed E-state index contributed by atoms with van der Waals surface area (Å²) in [5.74, 6) is -0.166. The number of hydrogen-bond acceptors (Lipinski definition) is 6. The van der Waals surface area contributed by atoms with E-state index in [1.54, 1.807) is 12.1 Å². The number of ether oxygens (including phenoxy) is 2. The second-order valence-corrected chi connectivity index (χ2v) is 15.5. The van der Waals surface area contributed by atoms with Gasteiger partial charge in [0.15, 0.2) is 11.5 Å². The Morgan fingerprint density at radius 1 is 0.840 bits per heavy atom. The number of nitrogens with zero attached hydrogens (tertiary/aromatic N) is 2. The van der Waals surface area contributed by atoms with E-state index >= 15 is 0 Å². The Morgan fingerprint density at radius 3 is 2.14 bits per heavy atom. The smallest absolute Gasteiger partial charge is 0.264 e. The van der Waals surface area contributed by atoms with Crippen molar-refractivity contribution in [2.24, 2.45) is 0 Å². The Morgan fingerprint density at radius 2 is 1.50 bits per heavy atom. The highest BCUT2D eigenvalue weighted by Crippen LogP contribution is 2.33. The van der Waals surface area contributed by atoms with Crippen LogP contribution >= 0.6 is 15.9 Å². The molecule has 5 rings (SSSR count). The van der Waals surface area contributed by atoms with Crippen LogP contribution in [0.25, 0.3) is 0 Å². The molecule has 50 heavy (non-hydrogen) atoms. The number of benzene rings is 4. The Balaban J connectivity index is 1.60. The molecule has 0 bridgehead atoms. The molecule has 264 valence electrons. The van der Waals surface area contributed by atoms with E-state index in [1.165, 1.54) is 37.3 Å². The van der Waals surface area contributed by atoms with E-state index in [4.69, 9.17) is 9.47 Å². The first-order valence-corrected chi connectivity index (χ1v) is 18.9. The third-order valence-electron chi connectivity index (χ3n) is 8.93. The molecule has 4 aromatic rings. The predicted octanol–water partition coefficient (Wildman–Crippen LogP) is 6.98. The Labute approximate surface area is 303 Å². The monoisotopic (exact) mass is 761 g/mol. The molecule has 2 amide bonds. The molecule has 0 spiro atoms. The molecule has 0 aliphatic heterocycles. The van der Waals surface area contributed by atoms with Crippen molar-refractivity contribution in [1.82, 2.24) is 10.2 Å². The van der Waals surface area contributed by atoms with Gasteiger partial charge in [-0.1, -0.05) is 77.3 Å². The first-order chi connectivity index (χ1) is 24.0. The Hall–Kier alpha value is -4.35. The van der Waals surface area contributed by atoms with E-state index in [2.05, 4.69) is 21.2 Å². The second-order valence-electron chi connectivity index (χ2n) is 12.7. The molecule has 1 aliphatic carbocycles. The average molecular weight is 763 g/mol. The van der Waals surface area contributed by atoms with E-state index in [0.29, 0.717) is 11.4 Å². The number of hydrogen-bond donors (Lipinski definition) is 1. The average Bonchev–Trinajstić information content (AvgIpc) is 3.61. The predicted molar refractivity (Wildman–Crippen MR) is 199 cm³/mol. The minimum Gasteiger partial charge on any atom is -0.493 e. The molecule has 0 saturated heterocycles. The molecule has 11 heteroatoms. The van der Waals surface area contributed by atoms with Gasteiger partial charge in [-0.2, -0.15) is 0 Å². The molecule has 1 atom stereocenters. The molecular weight excluding hydrogens is 718 g/mol. The summed E-state index contributed by atoms with van der Waals surface area (Å²) in [7, 11) is -1.43. The molecule has 1 N–H and O–H groups in total. The number of carbonyl (C=O) groups is 2. The Bertz CT molecular complexity index is 1890. The van der Waals surface area contributed by atoms with E-state index < -0.39 is 28.5 Å². The van der Waals surface area contributed by atoms with Gasteiger partial charge in [-0.05, 0) is 85.3 Å². The number of aryl methyl sites for hydroxylation is 2. The molecule has 1 unspecified atom stereocenters. The lowest BCUT2D eigenvalue weighted by Gasteiger charge is -2.34. The van der Waals surface area contributed by atoms with Crippen molar-refractivity contribution >= 4 is 43.5 Å². The SMILES string of the molecule is COc1ccc(S(=O)(=O)N(CC(=O)N(Cc2cccc(Br)c2)C(Cc2ccccc2)C(=O)NC2CCCC2)c2cc(C)cc(C)c2)cc1OC. The van der Waals surface area contributed by atoms with Crippen LogP contribution in [0, 0.1) is 13.8 Å². The van der Waals surface area contributed by atoms with Gasteiger partial charge in [-0.3, -0.25) is 13.9 Å². The number of methoxy groups -OCH3 is 2. The van der Waals surface area contributed by atoms with Crippen LogP contribution in [0.3, 0.4) is 0 Å². The maximum absolute atomic E-state index is 14.8. The summed E-state index contributed by atoms with van der Waals surface area (Å²) in [6.07, 6.45) is 4.09. The summed E-state index contributed by atoms with van der Waals surface area (Å²) in [6.45, 7) is 3.30. The fourth-order valence-corrected chi connectivity index (χ4v) is 8.34. The molecular formula is C39H44BrN3O6S. The largest absolute Gasteiger partial charge is 0.493 e. The van der Waals surface area contributed by atoms with Crippen LogP contribution in [0.1, 0.15) is 47.9 Å². The first-order valence-electron chi connectivity index (χ1n) is 16.7. The van der Waals surface area contributed by atoms with E-state index in [-0.39, 0.29) is 35.6 Å². The first kappa shape index (κ1) is 36.9. The Kier molecular flexibility index (Phi) is 12.2. The topological polar surface area (TPSA) is 105 Å². The molecule has 1 aliphatic rings. The van der Waals surface area contributed by atoms with Gasteiger partial charge in [0.25, 0.3) is 10.0 Å². The lowest BCUT2D eigenvalue weighted by Crippen LogP contribution is -2.54. The second kappa shape index (κ2) is 16.6. The van der Waals surface area contributed by atoms with Gasteiger partial charge in [-0.15, -0.1) is 0 Å². The van der Waals surface area contributed by atoms with E-state index in [9.17, 15) is 18.0 Å².